The number of nitrogens with zero attached hydrogens (tertiary/aromatic N) is 1. The van der Waals surface area contributed by atoms with Gasteiger partial charge in [-0.25, -0.2) is 4.98 Å². The van der Waals surface area contributed by atoms with Gasteiger partial charge in [-0.3, -0.25) is 4.79 Å². The Kier molecular flexibility index (Phi) is 5.89. The van der Waals surface area contributed by atoms with Crippen LogP contribution in [0.3, 0.4) is 0 Å². The Morgan fingerprint density at radius 3 is 2.77 bits per heavy atom. The van der Waals surface area contributed by atoms with Crippen LogP contribution in [0.1, 0.15) is 16.1 Å². The zero-order chi connectivity index (χ0) is 20.9. The van der Waals surface area contributed by atoms with Crippen LogP contribution < -0.4 is 15.4 Å². The minimum absolute atomic E-state index is 0.0740. The molecule has 0 unspecified atom stereocenters. The SMILES string of the molecule is O=C(NCCc1c[nH]c2ccccc12)c1csc(Nc2ccc(OC(F)F)cc2)n1. The largest absolute Gasteiger partial charge is 0.435 e. The van der Waals surface area contributed by atoms with Crippen molar-refractivity contribution in [2.45, 2.75) is 13.0 Å². The highest BCUT2D eigenvalue weighted by molar-refractivity contribution is 7.14. The van der Waals surface area contributed by atoms with Crippen LogP contribution in [0.5, 0.6) is 5.75 Å². The molecule has 1 amide bonds. The number of alkyl halides is 2. The van der Waals surface area contributed by atoms with Crippen LogP contribution in [0.4, 0.5) is 19.6 Å². The zero-order valence-corrected chi connectivity index (χ0v) is 16.5. The van der Waals surface area contributed by atoms with Crippen LogP contribution in [0.25, 0.3) is 10.9 Å². The van der Waals surface area contributed by atoms with E-state index in [2.05, 4.69) is 25.3 Å². The first-order valence-corrected chi connectivity index (χ1v) is 10.1. The summed E-state index contributed by atoms with van der Waals surface area (Å²) >= 11 is 1.28. The van der Waals surface area contributed by atoms with Crippen LogP contribution in [0.15, 0.2) is 60.1 Å². The van der Waals surface area contributed by atoms with Crippen molar-refractivity contribution in [2.75, 3.05) is 11.9 Å². The molecule has 9 heteroatoms. The third-order valence-corrected chi connectivity index (χ3v) is 5.18. The fraction of sp³-hybridized carbons (Fsp3) is 0.143. The molecule has 154 valence electrons. The molecule has 0 spiro atoms. The molecule has 0 atom stereocenters. The Labute approximate surface area is 174 Å². The van der Waals surface area contributed by atoms with Gasteiger partial charge in [0.2, 0.25) is 0 Å². The number of carbonyl (C=O) groups is 1. The molecule has 0 bridgehead atoms. The highest BCUT2D eigenvalue weighted by atomic mass is 32.1. The van der Waals surface area contributed by atoms with Crippen molar-refractivity contribution in [3.63, 3.8) is 0 Å². The maximum atomic E-state index is 12.4. The second kappa shape index (κ2) is 8.91. The average Bonchev–Trinajstić information content (AvgIpc) is 3.36. The number of rotatable bonds is 8. The Hall–Kier alpha value is -3.46. The topological polar surface area (TPSA) is 79.0 Å². The minimum Gasteiger partial charge on any atom is -0.435 e. The van der Waals surface area contributed by atoms with Crippen molar-refractivity contribution in [2.24, 2.45) is 0 Å². The van der Waals surface area contributed by atoms with Gasteiger partial charge in [-0.2, -0.15) is 8.78 Å². The maximum absolute atomic E-state index is 12.4. The Balaban J connectivity index is 1.30. The number of anilines is 2. The molecule has 0 saturated carbocycles. The van der Waals surface area contributed by atoms with E-state index < -0.39 is 6.61 Å². The van der Waals surface area contributed by atoms with E-state index in [1.54, 1.807) is 17.5 Å². The van der Waals surface area contributed by atoms with E-state index >= 15 is 0 Å². The molecule has 0 aliphatic heterocycles. The number of amides is 1. The summed E-state index contributed by atoms with van der Waals surface area (Å²) < 4.78 is 28.7. The number of H-pyrrole nitrogens is 1. The summed E-state index contributed by atoms with van der Waals surface area (Å²) in [4.78, 5) is 19.9. The number of aromatic amines is 1. The van der Waals surface area contributed by atoms with Crippen molar-refractivity contribution in [3.8, 4) is 5.75 Å². The molecule has 30 heavy (non-hydrogen) atoms. The van der Waals surface area contributed by atoms with Crippen LogP contribution in [0.2, 0.25) is 0 Å². The first-order chi connectivity index (χ1) is 14.6. The number of thiazole rings is 1. The zero-order valence-electron chi connectivity index (χ0n) is 15.7. The molecule has 0 saturated heterocycles. The number of aromatic nitrogens is 2. The van der Waals surface area contributed by atoms with Crippen molar-refractivity contribution >= 4 is 39.0 Å². The third-order valence-electron chi connectivity index (χ3n) is 4.42. The van der Waals surface area contributed by atoms with Gasteiger partial charge in [0.15, 0.2) is 5.13 Å². The number of hydrogen-bond acceptors (Lipinski definition) is 5. The van der Waals surface area contributed by atoms with E-state index in [0.717, 1.165) is 16.5 Å². The van der Waals surface area contributed by atoms with Gasteiger partial charge in [-0.15, -0.1) is 11.3 Å². The summed E-state index contributed by atoms with van der Waals surface area (Å²) in [5, 5.41) is 9.26. The van der Waals surface area contributed by atoms with Crippen molar-refractivity contribution in [1.29, 1.82) is 0 Å². The number of ether oxygens (including phenoxy) is 1. The molecular weight excluding hydrogens is 410 g/mol. The standard InChI is InChI=1S/C21H18F2N4O2S/c22-20(23)29-15-7-5-14(6-8-15)26-21-27-18(12-30-21)19(28)24-10-9-13-11-25-17-4-2-1-3-16(13)17/h1-8,11-12,20,25H,9-10H2,(H,24,28)(H,26,27). The lowest BCUT2D eigenvalue weighted by molar-refractivity contribution is -0.0498. The second-order valence-corrected chi connectivity index (χ2v) is 7.29. The van der Waals surface area contributed by atoms with Crippen LogP contribution in [0, 0.1) is 0 Å². The lowest BCUT2D eigenvalue weighted by Gasteiger charge is -2.06. The highest BCUT2D eigenvalue weighted by Crippen LogP contribution is 2.24. The van der Waals surface area contributed by atoms with Gasteiger partial charge in [0.1, 0.15) is 11.4 Å². The molecule has 4 aromatic rings. The van der Waals surface area contributed by atoms with Gasteiger partial charge < -0.3 is 20.4 Å². The third kappa shape index (κ3) is 4.74. The van der Waals surface area contributed by atoms with Gasteiger partial charge in [0.05, 0.1) is 0 Å². The second-order valence-electron chi connectivity index (χ2n) is 6.43. The van der Waals surface area contributed by atoms with E-state index in [1.807, 2.05) is 30.5 Å². The molecule has 0 aliphatic rings. The molecule has 2 aromatic heterocycles. The van der Waals surface area contributed by atoms with Crippen molar-refractivity contribution in [3.05, 3.63) is 71.4 Å². The predicted molar refractivity (Wildman–Crippen MR) is 113 cm³/mol. The average molecular weight is 428 g/mol. The maximum Gasteiger partial charge on any atom is 0.387 e. The summed E-state index contributed by atoms with van der Waals surface area (Å²) in [6, 6.07) is 14.1. The Morgan fingerprint density at radius 2 is 1.97 bits per heavy atom. The van der Waals surface area contributed by atoms with E-state index in [1.165, 1.54) is 23.5 Å². The quantitative estimate of drug-likeness (QED) is 0.371. The number of halogens is 2. The Morgan fingerprint density at radius 1 is 1.17 bits per heavy atom. The van der Waals surface area contributed by atoms with Gasteiger partial charge in [-0.05, 0) is 42.3 Å². The summed E-state index contributed by atoms with van der Waals surface area (Å²) in [7, 11) is 0. The highest BCUT2D eigenvalue weighted by Gasteiger charge is 2.11. The smallest absolute Gasteiger partial charge is 0.387 e. The predicted octanol–water partition coefficient (Wildman–Crippen LogP) is 4.94. The first kappa shape index (κ1) is 19.8. The van der Waals surface area contributed by atoms with Crippen molar-refractivity contribution < 1.29 is 18.3 Å². The van der Waals surface area contributed by atoms with E-state index in [-0.39, 0.29) is 11.7 Å². The van der Waals surface area contributed by atoms with Crippen LogP contribution in [-0.2, 0) is 6.42 Å². The Bertz CT molecular complexity index is 1140. The van der Waals surface area contributed by atoms with Crippen molar-refractivity contribution in [1.82, 2.24) is 15.3 Å². The lowest BCUT2D eigenvalue weighted by Crippen LogP contribution is -2.25. The number of hydrogen-bond donors (Lipinski definition) is 3. The molecule has 2 heterocycles. The van der Waals surface area contributed by atoms with Gasteiger partial charge in [0, 0.05) is 34.7 Å². The molecule has 0 radical (unpaired) electrons. The lowest BCUT2D eigenvalue weighted by atomic mass is 10.1. The molecule has 6 nitrogen and oxygen atoms in total. The van der Waals surface area contributed by atoms with E-state index in [4.69, 9.17) is 0 Å². The van der Waals surface area contributed by atoms with Gasteiger partial charge in [0.25, 0.3) is 5.91 Å². The fourth-order valence-corrected chi connectivity index (χ4v) is 3.73. The molecular formula is C21H18F2N4O2S. The molecule has 3 N–H and O–H groups in total. The molecule has 2 aromatic carbocycles. The van der Waals surface area contributed by atoms with Gasteiger partial charge in [-0.1, -0.05) is 18.2 Å². The summed E-state index contributed by atoms with van der Waals surface area (Å²) in [5.74, 6) is -0.176. The molecule has 4 rings (SSSR count). The molecule has 0 fully saturated rings. The monoisotopic (exact) mass is 428 g/mol. The van der Waals surface area contributed by atoms with Crippen LogP contribution in [-0.4, -0.2) is 29.0 Å². The number of nitrogens with one attached hydrogen (secondary N) is 3. The van der Waals surface area contributed by atoms with Gasteiger partial charge >= 0.3 is 6.61 Å². The fourth-order valence-electron chi connectivity index (χ4n) is 3.02. The minimum atomic E-state index is -2.86. The number of carbonyl (C=O) groups excluding carboxylic acids is 1. The summed E-state index contributed by atoms with van der Waals surface area (Å²) in [6.45, 7) is -2.37. The first-order valence-electron chi connectivity index (χ1n) is 9.19. The normalized spacial score (nSPS) is 11.0. The number of para-hydroxylation sites is 1. The summed E-state index contributed by atoms with van der Waals surface area (Å²) in [6.07, 6.45) is 2.66. The molecule has 0 aliphatic carbocycles. The van der Waals surface area contributed by atoms with E-state index in [9.17, 15) is 13.6 Å². The summed E-state index contributed by atoms with van der Waals surface area (Å²) in [5.41, 5.74) is 3.19. The van der Waals surface area contributed by atoms with Crippen LogP contribution >= 0.6 is 11.3 Å². The number of benzene rings is 2. The van der Waals surface area contributed by atoms with E-state index in [0.29, 0.717) is 29.5 Å². The number of fused-ring (bicyclic) bond motifs is 1.